The van der Waals surface area contributed by atoms with Gasteiger partial charge in [0.2, 0.25) is 0 Å². The second-order valence-electron chi connectivity index (χ2n) is 6.28. The van der Waals surface area contributed by atoms with Crippen LogP contribution in [0.25, 0.3) is 0 Å². The monoisotopic (exact) mass is 361 g/mol. The van der Waals surface area contributed by atoms with Gasteiger partial charge in [-0.3, -0.25) is 21.0 Å². The second kappa shape index (κ2) is 5.22. The van der Waals surface area contributed by atoms with Gasteiger partial charge in [0.15, 0.2) is 11.6 Å². The van der Waals surface area contributed by atoms with E-state index in [9.17, 15) is 9.59 Å². The Bertz CT molecular complexity index is 1100. The summed E-state index contributed by atoms with van der Waals surface area (Å²) in [5, 5.41) is 0. The van der Waals surface area contributed by atoms with Crippen molar-refractivity contribution in [2.24, 2.45) is 0 Å². The van der Waals surface area contributed by atoms with Crippen molar-refractivity contribution in [1.29, 1.82) is 0 Å². The van der Waals surface area contributed by atoms with E-state index >= 15 is 0 Å². The standard InChI is InChI=1S/C20H11BClO4/c22-21(12-6-2-1-3-7-12)25-16-11-10-15-17(20(16)26-21)19(24)14-9-5-4-8-13(14)18(15)23/h1-11H/q-1. The summed E-state index contributed by atoms with van der Waals surface area (Å²) in [5.41, 5.74) is 1.94. The van der Waals surface area contributed by atoms with Crippen molar-refractivity contribution in [3.63, 3.8) is 0 Å². The van der Waals surface area contributed by atoms with Gasteiger partial charge in [-0.2, -0.15) is 0 Å². The number of hydrogen-bond acceptors (Lipinski definition) is 4. The van der Waals surface area contributed by atoms with Crippen LogP contribution in [0, 0.1) is 0 Å². The summed E-state index contributed by atoms with van der Waals surface area (Å²) in [5.74, 6) is -2.21. The Morgan fingerprint density at radius 3 is 2.08 bits per heavy atom. The minimum atomic E-state index is -2.33. The molecule has 26 heavy (non-hydrogen) atoms. The number of carbonyl (C=O) groups is 2. The van der Waals surface area contributed by atoms with Gasteiger partial charge in [0.25, 0.3) is 0 Å². The van der Waals surface area contributed by atoms with Gasteiger partial charge in [-0.15, -0.1) is 5.46 Å². The molecule has 1 heterocycles. The lowest BCUT2D eigenvalue weighted by Crippen LogP contribution is -2.51. The molecule has 0 saturated heterocycles. The molecule has 4 nitrogen and oxygen atoms in total. The van der Waals surface area contributed by atoms with Gasteiger partial charge in [0.05, 0.1) is 5.56 Å². The molecule has 0 saturated carbocycles. The molecule has 1 aliphatic heterocycles. The molecule has 1 unspecified atom stereocenters. The van der Waals surface area contributed by atoms with Crippen molar-refractivity contribution in [3.8, 4) is 11.5 Å². The summed E-state index contributed by atoms with van der Waals surface area (Å²) in [6.07, 6.45) is 0. The van der Waals surface area contributed by atoms with Crippen LogP contribution in [-0.2, 0) is 0 Å². The van der Waals surface area contributed by atoms with Crippen LogP contribution in [0.1, 0.15) is 31.8 Å². The first kappa shape index (κ1) is 15.2. The van der Waals surface area contributed by atoms with Crippen molar-refractivity contribution in [2.45, 2.75) is 0 Å². The Balaban J connectivity index is 1.68. The fourth-order valence-corrected chi connectivity index (χ4v) is 3.84. The SMILES string of the molecule is O=C1c2ccccc2C(=O)c2c1ccc1c2O[B-](Cl)(c2ccccc2)O1. The van der Waals surface area contributed by atoms with E-state index in [0.29, 0.717) is 27.9 Å². The van der Waals surface area contributed by atoms with Crippen molar-refractivity contribution in [2.75, 3.05) is 0 Å². The number of fused-ring (bicyclic) bond motifs is 4. The predicted octanol–water partition coefficient (Wildman–Crippen LogP) is 3.32. The highest BCUT2D eigenvalue weighted by Crippen LogP contribution is 2.45. The molecule has 0 N–H and O–H groups in total. The van der Waals surface area contributed by atoms with Gasteiger partial charge in [-0.1, -0.05) is 54.6 Å². The Kier molecular flexibility index (Phi) is 3.06. The topological polar surface area (TPSA) is 52.6 Å². The molecule has 0 amide bonds. The fourth-order valence-electron chi connectivity index (χ4n) is 3.50. The van der Waals surface area contributed by atoms with E-state index in [2.05, 4.69) is 0 Å². The maximum Gasteiger partial charge on any atom is 0.468 e. The van der Waals surface area contributed by atoms with Crippen molar-refractivity contribution in [3.05, 3.63) is 89.0 Å². The largest absolute Gasteiger partial charge is 0.664 e. The first-order valence-electron chi connectivity index (χ1n) is 8.19. The van der Waals surface area contributed by atoms with Crippen LogP contribution in [0.4, 0.5) is 0 Å². The van der Waals surface area contributed by atoms with Gasteiger partial charge in [-0.05, 0) is 12.1 Å². The normalized spacial score (nSPS) is 19.9. The number of ketones is 2. The van der Waals surface area contributed by atoms with E-state index in [1.54, 1.807) is 48.5 Å². The molecule has 0 fully saturated rings. The zero-order chi connectivity index (χ0) is 17.9. The maximum absolute atomic E-state index is 13.0. The quantitative estimate of drug-likeness (QED) is 0.488. The Hall–Kier alpha value is -3.05. The third-order valence-corrected chi connectivity index (χ3v) is 5.19. The molecule has 0 spiro atoms. The number of hydrogen-bond donors (Lipinski definition) is 0. The van der Waals surface area contributed by atoms with Crippen LogP contribution < -0.4 is 14.8 Å². The minimum absolute atomic E-state index is 0.208. The minimum Gasteiger partial charge on any atom is -0.664 e. The lowest BCUT2D eigenvalue weighted by molar-refractivity contribution is 0.0977. The average molecular weight is 362 g/mol. The molecule has 126 valence electrons. The van der Waals surface area contributed by atoms with E-state index in [1.165, 1.54) is 0 Å². The Morgan fingerprint density at radius 2 is 1.35 bits per heavy atom. The number of benzene rings is 3. The van der Waals surface area contributed by atoms with Crippen LogP contribution in [0.2, 0.25) is 0 Å². The second-order valence-corrected chi connectivity index (χ2v) is 6.86. The molecule has 0 bridgehead atoms. The molecule has 1 atom stereocenters. The van der Waals surface area contributed by atoms with Gasteiger partial charge in [0, 0.05) is 16.7 Å². The molecule has 5 rings (SSSR count). The van der Waals surface area contributed by atoms with Crippen LogP contribution in [0.15, 0.2) is 66.7 Å². The summed E-state index contributed by atoms with van der Waals surface area (Å²) in [6, 6.07) is 19.1. The van der Waals surface area contributed by atoms with Gasteiger partial charge in [0.1, 0.15) is 11.5 Å². The zero-order valence-corrected chi connectivity index (χ0v) is 14.2. The van der Waals surface area contributed by atoms with Gasteiger partial charge >= 0.3 is 5.97 Å². The molecule has 6 heteroatoms. The number of rotatable bonds is 1. The summed E-state index contributed by atoms with van der Waals surface area (Å²) in [4.78, 5) is 25.8. The van der Waals surface area contributed by atoms with Gasteiger partial charge in [-0.25, -0.2) is 0 Å². The zero-order valence-electron chi connectivity index (χ0n) is 13.4. The van der Waals surface area contributed by atoms with Crippen molar-refractivity contribution in [1.82, 2.24) is 0 Å². The molecular weight excluding hydrogens is 350 g/mol. The molecule has 0 radical (unpaired) electrons. The van der Waals surface area contributed by atoms with E-state index in [-0.39, 0.29) is 22.9 Å². The Labute approximate surface area is 154 Å². The third-order valence-electron chi connectivity index (χ3n) is 4.76. The summed E-state index contributed by atoms with van der Waals surface area (Å²) >= 11 is 6.61. The molecule has 2 aliphatic rings. The number of halogens is 1. The van der Waals surface area contributed by atoms with Crippen LogP contribution in [0.5, 0.6) is 11.5 Å². The van der Waals surface area contributed by atoms with Gasteiger partial charge < -0.3 is 9.31 Å². The first-order chi connectivity index (χ1) is 12.6. The molecule has 3 aromatic rings. The van der Waals surface area contributed by atoms with Crippen molar-refractivity contribution >= 4 is 34.5 Å². The third kappa shape index (κ3) is 1.98. The highest BCUT2D eigenvalue weighted by molar-refractivity contribution is 7.21. The van der Waals surface area contributed by atoms with E-state index in [1.807, 2.05) is 18.2 Å². The molecule has 1 aliphatic carbocycles. The lowest BCUT2D eigenvalue weighted by atomic mass is 9.77. The van der Waals surface area contributed by atoms with Crippen LogP contribution in [-0.4, -0.2) is 17.5 Å². The molecule has 3 aromatic carbocycles. The summed E-state index contributed by atoms with van der Waals surface area (Å²) in [6.45, 7) is 0. The Morgan fingerprint density at radius 1 is 0.692 bits per heavy atom. The molecule has 0 aromatic heterocycles. The highest BCUT2D eigenvalue weighted by Gasteiger charge is 2.42. The first-order valence-corrected chi connectivity index (χ1v) is 8.63. The maximum atomic E-state index is 13.0. The van der Waals surface area contributed by atoms with E-state index in [0.717, 1.165) is 0 Å². The highest BCUT2D eigenvalue weighted by atomic mass is 35.5. The van der Waals surface area contributed by atoms with E-state index in [4.69, 9.17) is 20.8 Å². The lowest BCUT2D eigenvalue weighted by Gasteiger charge is -2.29. The summed E-state index contributed by atoms with van der Waals surface area (Å²) in [7, 11) is 0. The average Bonchev–Trinajstić information content (AvgIpc) is 3.04. The van der Waals surface area contributed by atoms with Crippen molar-refractivity contribution < 1.29 is 18.9 Å². The smallest absolute Gasteiger partial charge is 0.468 e. The summed E-state index contributed by atoms with van der Waals surface area (Å²) < 4.78 is 11.8. The fraction of sp³-hybridized carbons (Fsp3) is 0. The van der Waals surface area contributed by atoms with Crippen LogP contribution >= 0.6 is 11.5 Å². The van der Waals surface area contributed by atoms with Crippen LogP contribution in [0.3, 0.4) is 0 Å². The number of carbonyl (C=O) groups excluding carboxylic acids is 2. The molecular formula is C20H11BClO4-. The predicted molar refractivity (Wildman–Crippen MR) is 98.7 cm³/mol. The van der Waals surface area contributed by atoms with E-state index < -0.39 is 5.97 Å².